The lowest BCUT2D eigenvalue weighted by Gasteiger charge is -2.35. The number of amides is 2. The molecule has 0 radical (unpaired) electrons. The monoisotopic (exact) mass is 477 g/mol. The maximum Gasteiger partial charge on any atom is 0.271 e. The topological polar surface area (TPSA) is 75.0 Å². The van der Waals surface area contributed by atoms with Gasteiger partial charge in [-0.3, -0.25) is 9.59 Å². The van der Waals surface area contributed by atoms with E-state index in [4.69, 9.17) is 4.74 Å². The predicted molar refractivity (Wildman–Crippen MR) is 137 cm³/mol. The second-order valence-corrected chi connectivity index (χ2v) is 9.67. The number of aliphatic hydroxyl groups excluding tert-OH is 1. The van der Waals surface area contributed by atoms with Crippen molar-refractivity contribution in [1.82, 2.24) is 14.4 Å². The van der Waals surface area contributed by atoms with Crippen LogP contribution in [0.1, 0.15) is 36.8 Å². The van der Waals surface area contributed by atoms with Gasteiger partial charge in [0.1, 0.15) is 5.69 Å². The molecular weight excluding hydrogens is 442 g/mol. The molecule has 1 aliphatic rings. The maximum atomic E-state index is 14.2. The number of likely N-dealkylation sites (N-methyl/N-ethyl adjacent to an activating group) is 1. The smallest absolute Gasteiger partial charge is 0.271 e. The highest BCUT2D eigenvalue weighted by Crippen LogP contribution is 2.38. The minimum Gasteiger partial charge on any atom is -0.394 e. The van der Waals surface area contributed by atoms with Crippen molar-refractivity contribution in [3.05, 3.63) is 59.8 Å². The molecule has 7 heteroatoms. The van der Waals surface area contributed by atoms with Crippen molar-refractivity contribution >= 4 is 22.7 Å². The third kappa shape index (κ3) is 4.70. The molecule has 0 unspecified atom stereocenters. The zero-order valence-electron chi connectivity index (χ0n) is 21.2. The van der Waals surface area contributed by atoms with E-state index in [1.807, 2.05) is 74.0 Å². The summed E-state index contributed by atoms with van der Waals surface area (Å²) in [5.41, 5.74) is 4.41. The number of para-hydroxylation sites is 1. The lowest BCUT2D eigenvalue weighted by Crippen LogP contribution is -2.47. The number of aliphatic hydroxyl groups is 1. The molecule has 1 aromatic heterocycles. The Balaban J connectivity index is 1.93. The third-order valence-electron chi connectivity index (χ3n) is 7.22. The van der Waals surface area contributed by atoms with Gasteiger partial charge in [0.25, 0.3) is 5.91 Å². The van der Waals surface area contributed by atoms with Crippen molar-refractivity contribution in [3.8, 4) is 11.1 Å². The quantitative estimate of drug-likeness (QED) is 0.622. The molecule has 3 atom stereocenters. The molecule has 0 saturated heterocycles. The lowest BCUT2D eigenvalue weighted by atomic mass is 9.96. The largest absolute Gasteiger partial charge is 0.394 e. The molecule has 186 valence electrons. The van der Waals surface area contributed by atoms with Crippen molar-refractivity contribution in [2.75, 3.05) is 26.7 Å². The molecule has 0 fully saturated rings. The highest BCUT2D eigenvalue weighted by molar-refractivity contribution is 6.10. The molecule has 1 N–H and O–H groups in total. The summed E-state index contributed by atoms with van der Waals surface area (Å²) < 4.78 is 8.43. The Hall–Kier alpha value is -3.16. The number of hydrogen-bond donors (Lipinski definition) is 1. The molecule has 7 nitrogen and oxygen atoms in total. The highest BCUT2D eigenvalue weighted by atomic mass is 16.5. The van der Waals surface area contributed by atoms with Gasteiger partial charge in [0.05, 0.1) is 25.4 Å². The van der Waals surface area contributed by atoms with Crippen LogP contribution in [0.25, 0.3) is 22.0 Å². The van der Waals surface area contributed by atoms with Crippen LogP contribution in [-0.2, 0) is 23.2 Å². The molecule has 0 saturated carbocycles. The fraction of sp³-hybridized carbons (Fsp3) is 0.429. The molecule has 4 rings (SSSR count). The molecule has 2 amide bonds. The van der Waals surface area contributed by atoms with E-state index in [9.17, 15) is 14.7 Å². The summed E-state index contributed by atoms with van der Waals surface area (Å²) in [6.07, 6.45) is -0.281. The Morgan fingerprint density at radius 2 is 1.89 bits per heavy atom. The predicted octanol–water partition coefficient (Wildman–Crippen LogP) is 3.68. The van der Waals surface area contributed by atoms with Crippen molar-refractivity contribution in [2.45, 2.75) is 39.5 Å². The van der Waals surface area contributed by atoms with Gasteiger partial charge in [0.15, 0.2) is 0 Å². The van der Waals surface area contributed by atoms with E-state index in [1.54, 1.807) is 16.8 Å². The molecule has 0 aliphatic carbocycles. The Morgan fingerprint density at radius 1 is 1.20 bits per heavy atom. The molecule has 2 aromatic carbocycles. The van der Waals surface area contributed by atoms with Gasteiger partial charge in [-0.15, -0.1) is 0 Å². The van der Waals surface area contributed by atoms with Crippen LogP contribution < -0.4 is 0 Å². The number of carbonyl (C=O) groups excluding carboxylic acids is 2. The number of rotatable bonds is 4. The summed E-state index contributed by atoms with van der Waals surface area (Å²) in [4.78, 5) is 29.6. The fourth-order valence-corrected chi connectivity index (χ4v) is 4.92. The summed E-state index contributed by atoms with van der Waals surface area (Å²) >= 11 is 0. The van der Waals surface area contributed by atoms with Crippen molar-refractivity contribution in [1.29, 1.82) is 0 Å². The third-order valence-corrected chi connectivity index (χ3v) is 7.22. The normalized spacial score (nSPS) is 19.6. The second-order valence-electron chi connectivity index (χ2n) is 9.67. The van der Waals surface area contributed by atoms with Crippen molar-refractivity contribution in [3.63, 3.8) is 0 Å². The van der Waals surface area contributed by atoms with E-state index in [1.165, 1.54) is 6.92 Å². The number of carbonyl (C=O) groups is 2. The number of hydrogen-bond acceptors (Lipinski definition) is 4. The molecule has 1 aliphatic heterocycles. The zero-order chi connectivity index (χ0) is 25.3. The Labute approximate surface area is 206 Å². The number of aromatic nitrogens is 1. The standard InChI is InChI=1S/C28H35N3O4/c1-18-14-31(19(2)16-32)28(34)27-26(23-12-8-9-13-24(23)30(27)5)22-11-7-6-10-21(22)17-35-25(18)15-29(4)20(3)33/h6-13,18-19,25,32H,14-17H2,1-5H3/t18-,19+,25+/m0/s1. The molecule has 2 heterocycles. The number of fused-ring (bicyclic) bond motifs is 5. The first-order chi connectivity index (χ1) is 16.7. The van der Waals surface area contributed by atoms with Gasteiger partial charge in [-0.2, -0.15) is 0 Å². The SMILES string of the molecule is CC(=O)N(C)C[C@H]1OCc2ccccc2-c2c(n(C)c3ccccc23)C(=O)N([C@H](C)CO)C[C@@H]1C. The fourth-order valence-electron chi connectivity index (χ4n) is 4.92. The number of ether oxygens (including phenoxy) is 1. The second kappa shape index (κ2) is 10.2. The highest BCUT2D eigenvalue weighted by Gasteiger charge is 2.33. The zero-order valence-corrected chi connectivity index (χ0v) is 21.2. The van der Waals surface area contributed by atoms with E-state index in [2.05, 4.69) is 0 Å². The molecule has 0 bridgehead atoms. The van der Waals surface area contributed by atoms with E-state index >= 15 is 0 Å². The first-order valence-corrected chi connectivity index (χ1v) is 12.1. The molecule has 0 spiro atoms. The summed E-state index contributed by atoms with van der Waals surface area (Å²) in [6, 6.07) is 15.7. The minimum absolute atomic E-state index is 0.0361. The average molecular weight is 478 g/mol. The first-order valence-electron chi connectivity index (χ1n) is 12.1. The number of aryl methyl sites for hydroxylation is 1. The van der Waals surface area contributed by atoms with Gasteiger partial charge in [-0.05, 0) is 24.1 Å². The number of nitrogens with zero attached hydrogens (tertiary/aromatic N) is 3. The van der Waals surface area contributed by atoms with Gasteiger partial charge >= 0.3 is 0 Å². The van der Waals surface area contributed by atoms with Crippen LogP contribution in [0.4, 0.5) is 0 Å². The van der Waals surface area contributed by atoms with Crippen LogP contribution in [0.3, 0.4) is 0 Å². The Bertz CT molecular complexity index is 1230. The van der Waals surface area contributed by atoms with Crippen molar-refractivity contribution < 1.29 is 19.4 Å². The summed E-state index contributed by atoms with van der Waals surface area (Å²) in [6.45, 7) is 6.47. The van der Waals surface area contributed by atoms with Crippen molar-refractivity contribution in [2.24, 2.45) is 13.0 Å². The minimum atomic E-state index is -0.377. The van der Waals surface area contributed by atoms with E-state index in [-0.39, 0.29) is 36.5 Å². The average Bonchev–Trinajstić information content (AvgIpc) is 3.15. The van der Waals surface area contributed by atoms with Crippen LogP contribution >= 0.6 is 0 Å². The summed E-state index contributed by atoms with van der Waals surface area (Å²) in [5, 5.41) is 11.1. The van der Waals surface area contributed by atoms with E-state index < -0.39 is 0 Å². The van der Waals surface area contributed by atoms with Gasteiger partial charge in [0.2, 0.25) is 5.91 Å². The van der Waals surface area contributed by atoms with Crippen LogP contribution in [-0.4, -0.2) is 70.2 Å². The van der Waals surface area contributed by atoms with E-state index in [0.29, 0.717) is 25.4 Å². The molecule has 35 heavy (non-hydrogen) atoms. The summed E-state index contributed by atoms with van der Waals surface area (Å²) in [5.74, 6) is -0.230. The lowest BCUT2D eigenvalue weighted by molar-refractivity contribution is -0.130. The van der Waals surface area contributed by atoms with Gasteiger partial charge in [-0.1, -0.05) is 49.4 Å². The first kappa shape index (κ1) is 24.9. The Morgan fingerprint density at radius 3 is 2.60 bits per heavy atom. The van der Waals surface area contributed by atoms with Crippen LogP contribution in [0.5, 0.6) is 0 Å². The summed E-state index contributed by atoms with van der Waals surface area (Å²) in [7, 11) is 3.69. The Kier molecular flexibility index (Phi) is 7.28. The molecular formula is C28H35N3O4. The molecule has 3 aromatic rings. The van der Waals surface area contributed by atoms with Gasteiger partial charge < -0.3 is 24.2 Å². The van der Waals surface area contributed by atoms with Gasteiger partial charge in [0, 0.05) is 56.5 Å². The van der Waals surface area contributed by atoms with Crippen LogP contribution in [0.15, 0.2) is 48.5 Å². The van der Waals surface area contributed by atoms with Gasteiger partial charge in [-0.25, -0.2) is 0 Å². The number of benzene rings is 2. The maximum absolute atomic E-state index is 14.2. The van der Waals surface area contributed by atoms with Crippen LogP contribution in [0, 0.1) is 5.92 Å². The van der Waals surface area contributed by atoms with E-state index in [0.717, 1.165) is 27.6 Å². The van der Waals surface area contributed by atoms with Crippen LogP contribution in [0.2, 0.25) is 0 Å².